The fourth-order valence-corrected chi connectivity index (χ4v) is 2.48. The standard InChI is InChI=1S/C13H17ClN2O2/c14-12-7-10(5-6-15-12)13(18)16-11-3-1-9(8-17)2-4-11/h5-7,9,11,17H,1-4,8H2,(H,16,18). The van der Waals surface area contributed by atoms with Crippen LogP contribution < -0.4 is 5.32 Å². The molecular weight excluding hydrogens is 252 g/mol. The highest BCUT2D eigenvalue weighted by atomic mass is 35.5. The maximum absolute atomic E-state index is 12.0. The molecule has 0 spiro atoms. The van der Waals surface area contributed by atoms with Crippen LogP contribution in [0, 0.1) is 5.92 Å². The van der Waals surface area contributed by atoms with Gasteiger partial charge >= 0.3 is 0 Å². The van der Waals surface area contributed by atoms with Gasteiger partial charge in [-0.25, -0.2) is 4.98 Å². The van der Waals surface area contributed by atoms with Crippen LogP contribution in [-0.4, -0.2) is 28.6 Å². The molecule has 0 aliphatic heterocycles. The first-order valence-electron chi connectivity index (χ1n) is 6.22. The minimum atomic E-state index is -0.105. The van der Waals surface area contributed by atoms with Gasteiger partial charge in [0, 0.05) is 24.4 Å². The summed E-state index contributed by atoms with van der Waals surface area (Å²) in [5, 5.41) is 12.4. The van der Waals surface area contributed by atoms with Crippen LogP contribution in [-0.2, 0) is 0 Å². The van der Waals surface area contributed by atoms with Gasteiger partial charge in [-0.1, -0.05) is 11.6 Å². The van der Waals surface area contributed by atoms with Crippen molar-refractivity contribution >= 4 is 17.5 Å². The Morgan fingerprint density at radius 1 is 1.44 bits per heavy atom. The van der Waals surface area contributed by atoms with E-state index in [1.807, 2.05) is 0 Å². The zero-order chi connectivity index (χ0) is 13.0. The van der Waals surface area contributed by atoms with Crippen molar-refractivity contribution in [2.45, 2.75) is 31.7 Å². The second-order valence-electron chi connectivity index (χ2n) is 4.74. The first-order chi connectivity index (χ1) is 8.69. The molecule has 2 rings (SSSR count). The molecule has 0 aromatic carbocycles. The lowest BCUT2D eigenvalue weighted by atomic mass is 9.86. The van der Waals surface area contributed by atoms with E-state index >= 15 is 0 Å². The second kappa shape index (κ2) is 6.16. The lowest BCUT2D eigenvalue weighted by Crippen LogP contribution is -2.38. The Bertz CT molecular complexity index is 417. The summed E-state index contributed by atoms with van der Waals surface area (Å²) in [7, 11) is 0. The van der Waals surface area contributed by atoms with E-state index in [-0.39, 0.29) is 18.6 Å². The third-order valence-corrected chi connectivity index (χ3v) is 3.64. The minimum absolute atomic E-state index is 0.105. The molecule has 1 fully saturated rings. The highest BCUT2D eigenvalue weighted by Gasteiger charge is 2.22. The lowest BCUT2D eigenvalue weighted by Gasteiger charge is -2.27. The second-order valence-corrected chi connectivity index (χ2v) is 5.13. The van der Waals surface area contributed by atoms with Crippen molar-refractivity contribution in [3.8, 4) is 0 Å². The van der Waals surface area contributed by atoms with E-state index in [0.29, 0.717) is 16.6 Å². The summed E-state index contributed by atoms with van der Waals surface area (Å²) >= 11 is 5.75. The molecule has 4 nitrogen and oxygen atoms in total. The van der Waals surface area contributed by atoms with Crippen LogP contribution in [0.25, 0.3) is 0 Å². The Hall–Kier alpha value is -1.13. The Balaban J connectivity index is 1.89. The van der Waals surface area contributed by atoms with Gasteiger partial charge in [-0.3, -0.25) is 4.79 Å². The SMILES string of the molecule is O=C(NC1CCC(CO)CC1)c1ccnc(Cl)c1. The highest BCUT2D eigenvalue weighted by molar-refractivity contribution is 6.29. The zero-order valence-electron chi connectivity index (χ0n) is 10.1. The summed E-state index contributed by atoms with van der Waals surface area (Å²) in [5.41, 5.74) is 0.541. The molecular formula is C13H17ClN2O2. The number of amides is 1. The lowest BCUT2D eigenvalue weighted by molar-refractivity contribution is 0.0914. The van der Waals surface area contributed by atoms with E-state index in [9.17, 15) is 4.79 Å². The van der Waals surface area contributed by atoms with Crippen molar-refractivity contribution in [2.24, 2.45) is 5.92 Å². The molecule has 1 heterocycles. The maximum atomic E-state index is 12.0. The fraction of sp³-hybridized carbons (Fsp3) is 0.538. The van der Waals surface area contributed by atoms with Crippen molar-refractivity contribution in [1.29, 1.82) is 0 Å². The molecule has 1 amide bonds. The summed E-state index contributed by atoms with van der Waals surface area (Å²) in [6.45, 7) is 0.251. The van der Waals surface area contributed by atoms with Crippen LogP contribution in [0.2, 0.25) is 5.15 Å². The summed E-state index contributed by atoms with van der Waals surface area (Å²) in [5.74, 6) is 0.292. The van der Waals surface area contributed by atoms with Crippen molar-refractivity contribution in [3.05, 3.63) is 29.0 Å². The number of carbonyl (C=O) groups is 1. The van der Waals surface area contributed by atoms with E-state index in [1.54, 1.807) is 12.1 Å². The molecule has 0 bridgehead atoms. The van der Waals surface area contributed by atoms with E-state index in [4.69, 9.17) is 16.7 Å². The Kier molecular flexibility index (Phi) is 4.55. The van der Waals surface area contributed by atoms with Crippen molar-refractivity contribution in [2.75, 3.05) is 6.61 Å². The molecule has 0 saturated heterocycles. The summed E-state index contributed by atoms with van der Waals surface area (Å²) in [6.07, 6.45) is 5.32. The molecule has 5 heteroatoms. The smallest absolute Gasteiger partial charge is 0.251 e. The van der Waals surface area contributed by atoms with Gasteiger partial charge in [0.15, 0.2) is 0 Å². The van der Waals surface area contributed by atoms with Crippen LogP contribution in [0.1, 0.15) is 36.0 Å². The first-order valence-corrected chi connectivity index (χ1v) is 6.60. The Morgan fingerprint density at radius 2 is 2.17 bits per heavy atom. The summed E-state index contributed by atoms with van der Waals surface area (Å²) < 4.78 is 0. The van der Waals surface area contributed by atoms with Crippen molar-refractivity contribution in [3.63, 3.8) is 0 Å². The number of aliphatic hydroxyl groups is 1. The molecule has 18 heavy (non-hydrogen) atoms. The molecule has 1 aliphatic rings. The third kappa shape index (κ3) is 3.43. The zero-order valence-corrected chi connectivity index (χ0v) is 10.9. The van der Waals surface area contributed by atoms with E-state index in [1.165, 1.54) is 6.20 Å². The normalized spacial score (nSPS) is 23.7. The molecule has 2 N–H and O–H groups in total. The number of hydrogen-bond acceptors (Lipinski definition) is 3. The van der Waals surface area contributed by atoms with Crippen LogP contribution in [0.5, 0.6) is 0 Å². The number of halogens is 1. The van der Waals surface area contributed by atoms with Gasteiger partial charge in [0.2, 0.25) is 0 Å². The van der Waals surface area contributed by atoms with Gasteiger partial charge in [-0.15, -0.1) is 0 Å². The average molecular weight is 269 g/mol. The van der Waals surface area contributed by atoms with Gasteiger partial charge in [-0.05, 0) is 43.7 Å². The molecule has 0 radical (unpaired) electrons. The molecule has 98 valence electrons. The van der Waals surface area contributed by atoms with E-state index in [0.717, 1.165) is 25.7 Å². The quantitative estimate of drug-likeness (QED) is 0.825. The topological polar surface area (TPSA) is 62.2 Å². The Morgan fingerprint density at radius 3 is 2.78 bits per heavy atom. The van der Waals surface area contributed by atoms with Crippen molar-refractivity contribution in [1.82, 2.24) is 10.3 Å². The number of aliphatic hydroxyl groups excluding tert-OH is 1. The molecule has 1 saturated carbocycles. The minimum Gasteiger partial charge on any atom is -0.396 e. The van der Waals surface area contributed by atoms with Crippen LogP contribution >= 0.6 is 11.6 Å². The number of hydrogen-bond donors (Lipinski definition) is 2. The van der Waals surface area contributed by atoms with E-state index in [2.05, 4.69) is 10.3 Å². The predicted molar refractivity (Wildman–Crippen MR) is 69.5 cm³/mol. The predicted octanol–water partition coefficient (Wildman–Crippen LogP) is 2.02. The Labute approximate surface area is 111 Å². The van der Waals surface area contributed by atoms with Gasteiger partial charge in [0.1, 0.15) is 5.15 Å². The molecule has 0 unspecified atom stereocenters. The monoisotopic (exact) mass is 268 g/mol. The number of carbonyl (C=O) groups excluding carboxylic acids is 1. The van der Waals surface area contributed by atoms with Crippen LogP contribution in [0.3, 0.4) is 0 Å². The number of nitrogens with zero attached hydrogens (tertiary/aromatic N) is 1. The van der Waals surface area contributed by atoms with Crippen LogP contribution in [0.4, 0.5) is 0 Å². The molecule has 0 atom stereocenters. The summed E-state index contributed by atoms with van der Waals surface area (Å²) in [6, 6.07) is 3.42. The largest absolute Gasteiger partial charge is 0.396 e. The van der Waals surface area contributed by atoms with E-state index < -0.39 is 0 Å². The molecule has 1 aromatic rings. The average Bonchev–Trinajstić information content (AvgIpc) is 2.39. The van der Waals surface area contributed by atoms with Crippen LogP contribution in [0.15, 0.2) is 18.3 Å². The molecule has 1 aliphatic carbocycles. The number of rotatable bonds is 3. The highest BCUT2D eigenvalue weighted by Crippen LogP contribution is 2.23. The number of aromatic nitrogens is 1. The maximum Gasteiger partial charge on any atom is 0.251 e. The van der Waals surface area contributed by atoms with Crippen molar-refractivity contribution < 1.29 is 9.90 Å². The van der Waals surface area contributed by atoms with Gasteiger partial charge in [0.05, 0.1) is 0 Å². The fourth-order valence-electron chi connectivity index (χ4n) is 2.30. The third-order valence-electron chi connectivity index (χ3n) is 3.43. The van der Waals surface area contributed by atoms with Gasteiger partial charge < -0.3 is 10.4 Å². The summed E-state index contributed by atoms with van der Waals surface area (Å²) in [4.78, 5) is 15.8. The van der Waals surface area contributed by atoms with Gasteiger partial charge in [-0.2, -0.15) is 0 Å². The number of nitrogens with one attached hydrogen (secondary N) is 1. The molecule has 1 aromatic heterocycles. The first kappa shape index (κ1) is 13.3. The van der Waals surface area contributed by atoms with Gasteiger partial charge in [0.25, 0.3) is 5.91 Å². The number of pyridine rings is 1.